The van der Waals surface area contributed by atoms with Gasteiger partial charge in [-0.15, -0.1) is 0 Å². The molecule has 136 valence electrons. The van der Waals surface area contributed by atoms with E-state index in [1.54, 1.807) is 0 Å². The van der Waals surface area contributed by atoms with Crippen LogP contribution in [0.4, 0.5) is 4.79 Å². The Morgan fingerprint density at radius 2 is 2.08 bits per heavy atom. The predicted octanol–water partition coefficient (Wildman–Crippen LogP) is 3.07. The summed E-state index contributed by atoms with van der Waals surface area (Å²) in [7, 11) is 0. The smallest absolute Gasteiger partial charge is 0.317 e. The number of carbonyl (C=O) groups is 2. The van der Waals surface area contributed by atoms with Gasteiger partial charge in [-0.1, -0.05) is 25.5 Å². The number of rotatable bonds is 6. The molecule has 5 nitrogen and oxygen atoms in total. The van der Waals surface area contributed by atoms with Crippen molar-refractivity contribution < 1.29 is 9.59 Å². The second-order valence-corrected chi connectivity index (χ2v) is 7.44. The summed E-state index contributed by atoms with van der Waals surface area (Å²) in [4.78, 5) is 25.9. The second-order valence-electron chi connectivity index (χ2n) is 7.44. The fourth-order valence-corrected chi connectivity index (χ4v) is 3.44. The summed E-state index contributed by atoms with van der Waals surface area (Å²) in [6.07, 6.45) is 10.4. The first-order valence-electron chi connectivity index (χ1n) is 9.54. The lowest BCUT2D eigenvalue weighted by atomic mass is 9.97. The van der Waals surface area contributed by atoms with Gasteiger partial charge in [-0.3, -0.25) is 4.79 Å². The molecule has 5 heteroatoms. The Kier molecular flexibility index (Phi) is 7.60. The molecule has 0 unspecified atom stereocenters. The maximum Gasteiger partial charge on any atom is 0.317 e. The Balaban J connectivity index is 1.67. The molecule has 1 saturated heterocycles. The average molecular weight is 335 g/mol. The fourth-order valence-electron chi connectivity index (χ4n) is 3.44. The lowest BCUT2D eigenvalue weighted by Gasteiger charge is -2.33. The van der Waals surface area contributed by atoms with E-state index in [-0.39, 0.29) is 17.9 Å². The van der Waals surface area contributed by atoms with Gasteiger partial charge in [0.15, 0.2) is 0 Å². The second kappa shape index (κ2) is 9.70. The molecule has 1 fully saturated rings. The Morgan fingerprint density at radius 3 is 2.79 bits per heavy atom. The van der Waals surface area contributed by atoms with E-state index in [4.69, 9.17) is 0 Å². The van der Waals surface area contributed by atoms with Gasteiger partial charge in [-0.05, 0) is 50.9 Å². The van der Waals surface area contributed by atoms with E-state index in [2.05, 4.69) is 16.7 Å². The SMILES string of the molecule is CC(C)C(=O)NC[C@@H]1CCCN(C(=O)NCCC2=CCCCC2)C1. The normalized spacial score (nSPS) is 21.4. The number of piperidine rings is 1. The van der Waals surface area contributed by atoms with E-state index in [0.29, 0.717) is 12.5 Å². The summed E-state index contributed by atoms with van der Waals surface area (Å²) in [5.74, 6) is 0.479. The third kappa shape index (κ3) is 6.17. The minimum atomic E-state index is 0.0158. The quantitative estimate of drug-likeness (QED) is 0.733. The Labute approximate surface area is 146 Å². The molecule has 3 amide bonds. The van der Waals surface area contributed by atoms with Crippen molar-refractivity contribution in [2.45, 2.75) is 58.8 Å². The maximum atomic E-state index is 12.3. The van der Waals surface area contributed by atoms with Crippen LogP contribution in [0.3, 0.4) is 0 Å². The van der Waals surface area contributed by atoms with E-state index in [9.17, 15) is 9.59 Å². The number of amides is 3. The molecule has 1 atom stereocenters. The molecule has 2 rings (SSSR count). The number of allylic oxidation sites excluding steroid dienone is 1. The predicted molar refractivity (Wildman–Crippen MR) is 96.7 cm³/mol. The molecule has 0 saturated carbocycles. The highest BCUT2D eigenvalue weighted by Crippen LogP contribution is 2.20. The number of nitrogens with one attached hydrogen (secondary N) is 2. The summed E-state index contributed by atoms with van der Waals surface area (Å²) in [6.45, 7) is 6.77. The molecule has 0 radical (unpaired) electrons. The van der Waals surface area contributed by atoms with Crippen LogP contribution in [0.2, 0.25) is 0 Å². The third-order valence-electron chi connectivity index (χ3n) is 5.00. The van der Waals surface area contributed by atoms with Gasteiger partial charge in [-0.2, -0.15) is 0 Å². The Hall–Kier alpha value is -1.52. The lowest BCUT2D eigenvalue weighted by molar-refractivity contribution is -0.124. The molecular formula is C19H33N3O2. The standard InChI is InChI=1S/C19H33N3O2/c1-15(2)18(23)21-13-17-9-6-12-22(14-17)19(24)20-11-10-16-7-4-3-5-8-16/h7,15,17H,3-6,8-14H2,1-2H3,(H,20,24)(H,21,23)/t17-/m0/s1. The van der Waals surface area contributed by atoms with Gasteiger partial charge in [0, 0.05) is 32.1 Å². The van der Waals surface area contributed by atoms with Crippen LogP contribution in [0.5, 0.6) is 0 Å². The Bertz CT molecular complexity index is 460. The molecule has 0 aromatic carbocycles. The van der Waals surface area contributed by atoms with Gasteiger partial charge >= 0.3 is 6.03 Å². The van der Waals surface area contributed by atoms with Gasteiger partial charge in [0.2, 0.25) is 5.91 Å². The summed E-state index contributed by atoms with van der Waals surface area (Å²) in [5.41, 5.74) is 1.49. The van der Waals surface area contributed by atoms with Crippen molar-refractivity contribution in [3.63, 3.8) is 0 Å². The van der Waals surface area contributed by atoms with E-state index in [0.717, 1.165) is 38.9 Å². The van der Waals surface area contributed by atoms with Crippen molar-refractivity contribution in [3.8, 4) is 0 Å². The number of hydrogen-bond donors (Lipinski definition) is 2. The highest BCUT2D eigenvalue weighted by molar-refractivity contribution is 5.77. The summed E-state index contributed by atoms with van der Waals surface area (Å²) in [5, 5.41) is 6.05. The molecule has 24 heavy (non-hydrogen) atoms. The topological polar surface area (TPSA) is 61.4 Å². The zero-order valence-corrected chi connectivity index (χ0v) is 15.3. The molecule has 0 aromatic rings. The maximum absolute atomic E-state index is 12.3. The monoisotopic (exact) mass is 335 g/mol. The van der Waals surface area contributed by atoms with Gasteiger partial charge in [-0.25, -0.2) is 4.79 Å². The van der Waals surface area contributed by atoms with Gasteiger partial charge in [0.25, 0.3) is 0 Å². The highest BCUT2D eigenvalue weighted by Gasteiger charge is 2.24. The highest BCUT2D eigenvalue weighted by atomic mass is 16.2. The van der Waals surface area contributed by atoms with E-state index in [1.807, 2.05) is 18.7 Å². The van der Waals surface area contributed by atoms with Crippen LogP contribution in [0, 0.1) is 11.8 Å². The average Bonchev–Trinajstić information content (AvgIpc) is 2.60. The zero-order valence-electron chi connectivity index (χ0n) is 15.3. The Morgan fingerprint density at radius 1 is 1.25 bits per heavy atom. The molecule has 1 heterocycles. The van der Waals surface area contributed by atoms with Gasteiger partial charge in [0.1, 0.15) is 0 Å². The molecule has 2 N–H and O–H groups in total. The summed E-state index contributed by atoms with van der Waals surface area (Å²) < 4.78 is 0. The zero-order chi connectivity index (χ0) is 17.4. The van der Waals surface area contributed by atoms with Crippen molar-refractivity contribution in [3.05, 3.63) is 11.6 Å². The van der Waals surface area contributed by atoms with Crippen LogP contribution in [0.1, 0.15) is 58.8 Å². The summed E-state index contributed by atoms with van der Waals surface area (Å²) in [6, 6.07) is 0.0475. The van der Waals surface area contributed by atoms with E-state index >= 15 is 0 Å². The third-order valence-corrected chi connectivity index (χ3v) is 5.00. The minimum absolute atomic E-state index is 0.0158. The molecule has 0 bridgehead atoms. The lowest BCUT2D eigenvalue weighted by Crippen LogP contribution is -2.48. The molecular weight excluding hydrogens is 302 g/mol. The van der Waals surface area contributed by atoms with Crippen molar-refractivity contribution in [1.82, 2.24) is 15.5 Å². The molecule has 0 spiro atoms. The first kappa shape index (κ1) is 18.8. The molecule has 0 aromatic heterocycles. The number of hydrogen-bond acceptors (Lipinski definition) is 2. The largest absolute Gasteiger partial charge is 0.356 e. The van der Waals surface area contributed by atoms with E-state index in [1.165, 1.54) is 31.3 Å². The fraction of sp³-hybridized carbons (Fsp3) is 0.789. The van der Waals surface area contributed by atoms with Crippen LogP contribution in [-0.2, 0) is 4.79 Å². The van der Waals surface area contributed by atoms with Crippen molar-refractivity contribution in [2.24, 2.45) is 11.8 Å². The minimum Gasteiger partial charge on any atom is -0.356 e. The van der Waals surface area contributed by atoms with Crippen molar-refractivity contribution in [1.29, 1.82) is 0 Å². The molecule has 1 aliphatic carbocycles. The van der Waals surface area contributed by atoms with Crippen molar-refractivity contribution >= 4 is 11.9 Å². The molecule has 1 aliphatic heterocycles. The van der Waals surface area contributed by atoms with Crippen LogP contribution in [-0.4, -0.2) is 43.0 Å². The van der Waals surface area contributed by atoms with E-state index < -0.39 is 0 Å². The van der Waals surface area contributed by atoms with Gasteiger partial charge < -0.3 is 15.5 Å². The number of nitrogens with zero attached hydrogens (tertiary/aromatic N) is 1. The first-order chi connectivity index (χ1) is 11.6. The van der Waals surface area contributed by atoms with Crippen LogP contribution in [0.15, 0.2) is 11.6 Å². The number of urea groups is 1. The number of carbonyl (C=O) groups excluding carboxylic acids is 2. The molecule has 2 aliphatic rings. The van der Waals surface area contributed by atoms with Crippen LogP contribution in [0.25, 0.3) is 0 Å². The van der Waals surface area contributed by atoms with Crippen molar-refractivity contribution in [2.75, 3.05) is 26.2 Å². The van der Waals surface area contributed by atoms with Crippen LogP contribution < -0.4 is 10.6 Å². The summed E-state index contributed by atoms with van der Waals surface area (Å²) >= 11 is 0. The number of likely N-dealkylation sites (tertiary alicyclic amines) is 1. The van der Waals surface area contributed by atoms with Crippen LogP contribution >= 0.6 is 0 Å². The first-order valence-corrected chi connectivity index (χ1v) is 9.54. The van der Waals surface area contributed by atoms with Gasteiger partial charge in [0.05, 0.1) is 0 Å².